The number of pyridine rings is 1. The number of nitrogens with zero attached hydrogens (tertiary/aromatic N) is 1. The number of nitrogens with one attached hydrogen (secondary N) is 1. The van der Waals surface area contributed by atoms with Crippen LogP contribution in [0, 0.1) is 11.6 Å². The van der Waals surface area contributed by atoms with Gasteiger partial charge in [-0.05, 0) is 53.6 Å². The molecule has 30 heavy (non-hydrogen) atoms. The number of benzene rings is 3. The first-order chi connectivity index (χ1) is 14.3. The van der Waals surface area contributed by atoms with E-state index in [9.17, 15) is 17.2 Å². The minimum absolute atomic E-state index is 0.0239. The summed E-state index contributed by atoms with van der Waals surface area (Å²) in [5.74, 6) is -0.811. The molecule has 4 aromatic rings. The highest BCUT2D eigenvalue weighted by Crippen LogP contribution is 2.26. The quantitative estimate of drug-likeness (QED) is 0.407. The summed E-state index contributed by atoms with van der Waals surface area (Å²) in [5.41, 5.74) is 2.08. The summed E-state index contributed by atoms with van der Waals surface area (Å²) in [7, 11) is -3.80. The molecule has 152 valence electrons. The highest BCUT2D eigenvalue weighted by atomic mass is 79.9. The number of hydrogen-bond donors (Lipinski definition) is 1. The molecule has 0 aliphatic rings. The number of hydrogen-bond acceptors (Lipinski definition) is 3. The highest BCUT2D eigenvalue weighted by molar-refractivity contribution is 9.10. The summed E-state index contributed by atoms with van der Waals surface area (Å²) in [6.45, 7) is 0.0239. The zero-order valence-electron chi connectivity index (χ0n) is 15.4. The molecule has 1 heterocycles. The van der Waals surface area contributed by atoms with Crippen molar-refractivity contribution >= 4 is 36.9 Å². The number of rotatable bonds is 5. The molecule has 3 aromatic carbocycles. The molecule has 0 bridgehead atoms. The predicted molar refractivity (Wildman–Crippen MR) is 115 cm³/mol. The van der Waals surface area contributed by atoms with E-state index in [1.54, 1.807) is 36.4 Å². The molecule has 0 aliphatic heterocycles. The molecule has 1 N–H and O–H groups in total. The summed E-state index contributed by atoms with van der Waals surface area (Å²) >= 11 is 3.21. The summed E-state index contributed by atoms with van der Waals surface area (Å²) in [6.07, 6.45) is 1.51. The lowest BCUT2D eigenvalue weighted by Crippen LogP contribution is -2.23. The van der Waals surface area contributed by atoms with Crippen molar-refractivity contribution in [2.45, 2.75) is 11.4 Å². The topological polar surface area (TPSA) is 59.1 Å². The van der Waals surface area contributed by atoms with Gasteiger partial charge in [-0.25, -0.2) is 21.9 Å². The first-order valence-electron chi connectivity index (χ1n) is 8.92. The molecule has 4 nitrogen and oxygen atoms in total. The normalized spacial score (nSPS) is 11.7. The van der Waals surface area contributed by atoms with Gasteiger partial charge in [-0.1, -0.05) is 34.1 Å². The van der Waals surface area contributed by atoms with Gasteiger partial charge in [-0.3, -0.25) is 4.98 Å². The van der Waals surface area contributed by atoms with Crippen LogP contribution in [0.25, 0.3) is 22.0 Å². The van der Waals surface area contributed by atoms with Gasteiger partial charge in [-0.15, -0.1) is 0 Å². The summed E-state index contributed by atoms with van der Waals surface area (Å²) < 4.78 is 56.1. The SMILES string of the molecule is O=S(=O)(NCc1ccnc2cc(F)ccc12)c1ccc(-c2ccc(Br)cc2F)cc1. The lowest BCUT2D eigenvalue weighted by atomic mass is 10.1. The Kier molecular flexibility index (Phi) is 5.64. The zero-order chi connectivity index (χ0) is 21.3. The lowest BCUT2D eigenvalue weighted by Gasteiger charge is -2.10. The standard InChI is InChI=1S/C22H15BrF2N2O2S/c23-16-3-7-19(21(25)11-16)14-1-5-18(6-2-14)30(28,29)27-13-15-9-10-26-22-12-17(24)4-8-20(15)22/h1-12,27H,13H2. The Balaban J connectivity index is 1.56. The van der Waals surface area contributed by atoms with Crippen LogP contribution in [-0.2, 0) is 16.6 Å². The Bertz CT molecular complexity index is 1340. The van der Waals surface area contributed by atoms with E-state index in [4.69, 9.17) is 0 Å². The average Bonchev–Trinajstić information content (AvgIpc) is 2.72. The number of sulfonamides is 1. The monoisotopic (exact) mass is 488 g/mol. The van der Waals surface area contributed by atoms with Crippen LogP contribution < -0.4 is 4.72 Å². The van der Waals surface area contributed by atoms with Gasteiger partial charge >= 0.3 is 0 Å². The molecule has 4 rings (SSSR count). The fourth-order valence-corrected chi connectivity index (χ4v) is 4.47. The van der Waals surface area contributed by atoms with Crippen molar-refractivity contribution in [3.05, 3.63) is 94.6 Å². The molecule has 0 radical (unpaired) electrons. The van der Waals surface area contributed by atoms with Gasteiger partial charge in [0.05, 0.1) is 10.4 Å². The smallest absolute Gasteiger partial charge is 0.240 e. The van der Waals surface area contributed by atoms with E-state index in [0.717, 1.165) is 0 Å². The Hall–Kier alpha value is -2.68. The van der Waals surface area contributed by atoms with E-state index in [2.05, 4.69) is 25.6 Å². The minimum Gasteiger partial charge on any atom is -0.256 e. The van der Waals surface area contributed by atoms with Crippen molar-refractivity contribution in [2.24, 2.45) is 0 Å². The van der Waals surface area contributed by atoms with E-state index in [1.807, 2.05) is 0 Å². The molecule has 0 atom stereocenters. The lowest BCUT2D eigenvalue weighted by molar-refractivity contribution is 0.581. The van der Waals surface area contributed by atoms with Crippen molar-refractivity contribution in [1.29, 1.82) is 0 Å². The maximum absolute atomic E-state index is 14.1. The maximum atomic E-state index is 14.1. The first kappa shape index (κ1) is 20.6. The molecule has 0 amide bonds. The largest absolute Gasteiger partial charge is 0.256 e. The van der Waals surface area contributed by atoms with E-state index >= 15 is 0 Å². The van der Waals surface area contributed by atoms with Gasteiger partial charge in [0.1, 0.15) is 11.6 Å². The van der Waals surface area contributed by atoms with Crippen molar-refractivity contribution < 1.29 is 17.2 Å². The predicted octanol–water partition coefficient (Wildman–Crippen LogP) is 5.42. The van der Waals surface area contributed by atoms with Gasteiger partial charge in [0, 0.05) is 34.2 Å². The molecule has 8 heteroatoms. The van der Waals surface area contributed by atoms with Gasteiger partial charge < -0.3 is 0 Å². The molecular weight excluding hydrogens is 474 g/mol. The fraction of sp³-hybridized carbons (Fsp3) is 0.0455. The molecule has 0 saturated carbocycles. The average molecular weight is 489 g/mol. The van der Waals surface area contributed by atoms with Gasteiger partial charge in [0.25, 0.3) is 0 Å². The second-order valence-corrected chi connectivity index (χ2v) is 9.29. The second kappa shape index (κ2) is 8.22. The minimum atomic E-state index is -3.80. The molecule has 0 saturated heterocycles. The molecule has 0 spiro atoms. The fourth-order valence-electron chi connectivity index (χ4n) is 3.13. The van der Waals surface area contributed by atoms with E-state index in [-0.39, 0.29) is 11.4 Å². The third kappa shape index (κ3) is 4.26. The van der Waals surface area contributed by atoms with Crippen LogP contribution in [0.5, 0.6) is 0 Å². The van der Waals surface area contributed by atoms with Crippen LogP contribution >= 0.6 is 15.9 Å². The van der Waals surface area contributed by atoms with E-state index in [0.29, 0.717) is 32.1 Å². The third-order valence-corrected chi connectivity index (χ3v) is 6.56. The maximum Gasteiger partial charge on any atom is 0.240 e. The van der Waals surface area contributed by atoms with Crippen LogP contribution in [0.1, 0.15) is 5.56 Å². The summed E-state index contributed by atoms with van der Waals surface area (Å²) in [5, 5.41) is 0.669. The van der Waals surface area contributed by atoms with Crippen LogP contribution in [-0.4, -0.2) is 13.4 Å². The molecule has 1 aromatic heterocycles. The van der Waals surface area contributed by atoms with E-state index < -0.39 is 21.7 Å². The van der Waals surface area contributed by atoms with Gasteiger partial charge in [-0.2, -0.15) is 0 Å². The van der Waals surface area contributed by atoms with Crippen LogP contribution in [0.15, 0.2) is 82.3 Å². The molecule has 0 aliphatic carbocycles. The van der Waals surface area contributed by atoms with Gasteiger partial charge in [0.15, 0.2) is 0 Å². The van der Waals surface area contributed by atoms with Crippen LogP contribution in [0.2, 0.25) is 0 Å². The summed E-state index contributed by atoms with van der Waals surface area (Å²) in [6, 6.07) is 16.5. The second-order valence-electron chi connectivity index (χ2n) is 6.60. The molecular formula is C22H15BrF2N2O2S. The Morgan fingerprint density at radius 2 is 1.70 bits per heavy atom. The number of fused-ring (bicyclic) bond motifs is 1. The van der Waals surface area contributed by atoms with Gasteiger partial charge in [0.2, 0.25) is 10.0 Å². The van der Waals surface area contributed by atoms with Crippen LogP contribution in [0.3, 0.4) is 0 Å². The number of aromatic nitrogens is 1. The van der Waals surface area contributed by atoms with Crippen molar-refractivity contribution in [1.82, 2.24) is 9.71 Å². The summed E-state index contributed by atoms with van der Waals surface area (Å²) in [4.78, 5) is 4.17. The zero-order valence-corrected chi connectivity index (χ0v) is 17.8. The van der Waals surface area contributed by atoms with Crippen molar-refractivity contribution in [2.75, 3.05) is 0 Å². The Labute approximate surface area is 180 Å². The van der Waals surface area contributed by atoms with E-state index in [1.165, 1.54) is 36.5 Å². The highest BCUT2D eigenvalue weighted by Gasteiger charge is 2.15. The molecule has 0 unspecified atom stereocenters. The van der Waals surface area contributed by atoms with Crippen LogP contribution in [0.4, 0.5) is 8.78 Å². The Morgan fingerprint density at radius 3 is 2.43 bits per heavy atom. The molecule has 0 fully saturated rings. The number of halogens is 3. The first-order valence-corrected chi connectivity index (χ1v) is 11.2. The third-order valence-electron chi connectivity index (χ3n) is 4.65. The Morgan fingerprint density at radius 1 is 0.933 bits per heavy atom. The van der Waals surface area contributed by atoms with Crippen molar-refractivity contribution in [3.8, 4) is 11.1 Å². The van der Waals surface area contributed by atoms with Crippen molar-refractivity contribution in [3.63, 3.8) is 0 Å².